The maximum atomic E-state index is 12.6. The molecule has 0 aliphatic rings. The second kappa shape index (κ2) is 76.1. The number of esters is 1. The summed E-state index contributed by atoms with van der Waals surface area (Å²) in [7, 11) is 0. The fourth-order valence-corrected chi connectivity index (χ4v) is 13.0. The molecular weight excluding hydrogens is 1050 g/mol. The van der Waals surface area contributed by atoms with Gasteiger partial charge in [-0.1, -0.05) is 431 Å². The van der Waals surface area contributed by atoms with Crippen LogP contribution in [-0.2, 0) is 14.3 Å². The number of hydrogen-bond donors (Lipinski definition) is 3. The Kier molecular flexibility index (Phi) is 74.8. The molecular formula is C80H157NO5. The van der Waals surface area contributed by atoms with E-state index in [-0.39, 0.29) is 18.5 Å². The van der Waals surface area contributed by atoms with E-state index in [1.165, 1.54) is 398 Å². The summed E-state index contributed by atoms with van der Waals surface area (Å²) in [6.45, 7) is 4.97. The molecule has 512 valence electrons. The lowest BCUT2D eigenvalue weighted by Gasteiger charge is -2.20. The molecule has 0 aromatic heterocycles. The summed E-state index contributed by atoms with van der Waals surface area (Å²) in [5.74, 6) is -0.0355. The molecule has 0 aromatic carbocycles. The lowest BCUT2D eigenvalue weighted by Crippen LogP contribution is -2.45. The summed E-state index contributed by atoms with van der Waals surface area (Å²) in [6.07, 6.45) is 96.2. The minimum absolute atomic E-state index is 0.0233. The highest BCUT2D eigenvalue weighted by Gasteiger charge is 2.18. The number of unbranched alkanes of at least 4 members (excludes halogenated alkanes) is 65. The molecule has 0 bridgehead atoms. The molecule has 0 heterocycles. The van der Waals surface area contributed by atoms with Gasteiger partial charge in [0, 0.05) is 12.8 Å². The van der Waals surface area contributed by atoms with E-state index in [9.17, 15) is 19.8 Å². The summed E-state index contributed by atoms with van der Waals surface area (Å²) in [5.41, 5.74) is 0. The number of nitrogens with one attached hydrogen (secondary N) is 1. The zero-order valence-electron chi connectivity index (χ0n) is 58.8. The largest absolute Gasteiger partial charge is 0.466 e. The Morgan fingerprint density at radius 2 is 0.535 bits per heavy atom. The van der Waals surface area contributed by atoms with Gasteiger partial charge >= 0.3 is 5.97 Å². The molecule has 0 saturated carbocycles. The molecule has 0 spiro atoms. The number of aliphatic hydroxyl groups excluding tert-OH is 2. The Morgan fingerprint density at radius 3 is 0.791 bits per heavy atom. The van der Waals surface area contributed by atoms with Crippen LogP contribution in [0, 0.1) is 0 Å². The van der Waals surface area contributed by atoms with Crippen molar-refractivity contribution in [2.75, 3.05) is 13.2 Å². The first-order valence-electron chi connectivity index (χ1n) is 40.0. The van der Waals surface area contributed by atoms with E-state index >= 15 is 0 Å². The Labute approximate surface area is 539 Å². The molecule has 6 heteroatoms. The highest BCUT2D eigenvalue weighted by molar-refractivity contribution is 5.76. The van der Waals surface area contributed by atoms with Gasteiger partial charge < -0.3 is 20.3 Å². The van der Waals surface area contributed by atoms with Crippen LogP contribution in [0.5, 0.6) is 0 Å². The van der Waals surface area contributed by atoms with Crippen LogP contribution in [-0.4, -0.2) is 47.4 Å². The SMILES string of the molecule is CCCCCCCCCCCCCCCCCCCCCCCCC/C=C/C(O)C(CO)NC(=O)CCCCCCCCCCCCCCCCCCCCCCCCCCCCCCOC(=O)CCCCCCCCCCCCCCCCCC. The Hall–Kier alpha value is -1.40. The van der Waals surface area contributed by atoms with Gasteiger partial charge in [-0.15, -0.1) is 0 Å². The van der Waals surface area contributed by atoms with Crippen LogP contribution < -0.4 is 5.32 Å². The molecule has 0 saturated heterocycles. The molecule has 0 aliphatic heterocycles. The van der Waals surface area contributed by atoms with E-state index in [2.05, 4.69) is 19.2 Å². The van der Waals surface area contributed by atoms with Crippen molar-refractivity contribution in [3.63, 3.8) is 0 Å². The Morgan fingerprint density at radius 1 is 0.314 bits per heavy atom. The van der Waals surface area contributed by atoms with Gasteiger partial charge in [0.05, 0.1) is 25.4 Å². The molecule has 6 nitrogen and oxygen atoms in total. The third-order valence-electron chi connectivity index (χ3n) is 19.1. The second-order valence-electron chi connectivity index (χ2n) is 27.8. The number of amides is 1. The van der Waals surface area contributed by atoms with E-state index in [4.69, 9.17) is 4.74 Å². The third-order valence-corrected chi connectivity index (χ3v) is 19.1. The van der Waals surface area contributed by atoms with Gasteiger partial charge in [0.2, 0.25) is 5.91 Å². The summed E-state index contributed by atoms with van der Waals surface area (Å²) < 4.78 is 5.51. The van der Waals surface area contributed by atoms with E-state index in [0.29, 0.717) is 19.4 Å². The Balaban J connectivity index is 3.36. The highest BCUT2D eigenvalue weighted by Crippen LogP contribution is 2.20. The maximum absolute atomic E-state index is 12.6. The quantitative estimate of drug-likeness (QED) is 0.0320. The molecule has 0 rings (SSSR count). The van der Waals surface area contributed by atoms with E-state index < -0.39 is 12.1 Å². The van der Waals surface area contributed by atoms with E-state index in [1.807, 2.05) is 6.08 Å². The fraction of sp³-hybridized carbons (Fsp3) is 0.950. The third kappa shape index (κ3) is 71.7. The number of rotatable bonds is 76. The van der Waals surface area contributed by atoms with Gasteiger partial charge in [0.1, 0.15) is 0 Å². The molecule has 2 atom stereocenters. The normalized spacial score (nSPS) is 12.5. The second-order valence-corrected chi connectivity index (χ2v) is 27.8. The lowest BCUT2D eigenvalue weighted by molar-refractivity contribution is -0.143. The number of hydrogen-bond acceptors (Lipinski definition) is 5. The van der Waals surface area contributed by atoms with Gasteiger partial charge in [-0.05, 0) is 32.1 Å². The number of carbonyl (C=O) groups excluding carboxylic acids is 2. The monoisotopic (exact) mass is 1210 g/mol. The number of aliphatic hydroxyl groups is 2. The molecule has 0 aliphatic carbocycles. The molecule has 0 fully saturated rings. The smallest absolute Gasteiger partial charge is 0.305 e. The summed E-state index contributed by atoms with van der Waals surface area (Å²) in [6, 6.07) is -0.626. The summed E-state index contributed by atoms with van der Waals surface area (Å²) in [5, 5.41) is 23.3. The van der Waals surface area contributed by atoms with Crippen LogP contribution in [0.4, 0.5) is 0 Å². The van der Waals surface area contributed by atoms with Gasteiger partial charge in [-0.3, -0.25) is 9.59 Å². The Bertz CT molecular complexity index is 1300. The molecule has 3 N–H and O–H groups in total. The predicted octanol–water partition coefficient (Wildman–Crippen LogP) is 26.3. The average molecular weight is 1210 g/mol. The standard InChI is InChI=1S/C80H157NO5/c1-3-5-7-9-11-13-15-17-19-21-22-23-24-29-32-35-38-41-44-48-52-56-60-64-68-72-78(83)77(76-82)81-79(84)73-69-65-61-57-53-49-45-42-39-36-33-30-27-25-26-28-31-34-37-40-43-47-51-55-59-63-67-71-75-86-80(85)74-70-66-62-58-54-50-46-20-18-16-14-12-10-8-6-4-2/h68,72,77-78,82-83H,3-67,69-71,73-76H2,1-2H3,(H,81,84)/b72-68+. The maximum Gasteiger partial charge on any atom is 0.305 e. The van der Waals surface area contributed by atoms with Crippen molar-refractivity contribution in [3.05, 3.63) is 12.2 Å². The molecule has 0 aromatic rings. The minimum Gasteiger partial charge on any atom is -0.466 e. The molecule has 2 unspecified atom stereocenters. The molecule has 1 amide bonds. The number of carbonyl (C=O) groups is 2. The first-order chi connectivity index (χ1) is 42.5. The van der Waals surface area contributed by atoms with E-state index in [0.717, 1.165) is 38.5 Å². The minimum atomic E-state index is -0.843. The van der Waals surface area contributed by atoms with Gasteiger partial charge in [-0.25, -0.2) is 0 Å². The molecule has 0 radical (unpaired) electrons. The van der Waals surface area contributed by atoms with E-state index in [1.54, 1.807) is 6.08 Å². The van der Waals surface area contributed by atoms with Crippen molar-refractivity contribution >= 4 is 11.9 Å². The van der Waals surface area contributed by atoms with Crippen molar-refractivity contribution in [1.29, 1.82) is 0 Å². The zero-order valence-corrected chi connectivity index (χ0v) is 58.8. The first kappa shape index (κ1) is 84.6. The topological polar surface area (TPSA) is 95.9 Å². The van der Waals surface area contributed by atoms with Gasteiger partial charge in [0.15, 0.2) is 0 Å². The lowest BCUT2D eigenvalue weighted by atomic mass is 10.0. The van der Waals surface area contributed by atoms with Gasteiger partial charge in [-0.2, -0.15) is 0 Å². The number of allylic oxidation sites excluding steroid dienone is 1. The molecule has 86 heavy (non-hydrogen) atoms. The van der Waals surface area contributed by atoms with Crippen molar-refractivity contribution in [1.82, 2.24) is 5.32 Å². The van der Waals surface area contributed by atoms with Crippen molar-refractivity contribution in [2.45, 2.75) is 475 Å². The van der Waals surface area contributed by atoms with Crippen LogP contribution in [0.25, 0.3) is 0 Å². The number of ether oxygens (including phenoxy) is 1. The summed E-state index contributed by atoms with van der Waals surface area (Å²) in [4.78, 5) is 24.7. The summed E-state index contributed by atoms with van der Waals surface area (Å²) >= 11 is 0. The van der Waals surface area contributed by atoms with Crippen molar-refractivity contribution in [2.24, 2.45) is 0 Å². The zero-order chi connectivity index (χ0) is 62.0. The first-order valence-corrected chi connectivity index (χ1v) is 40.0. The van der Waals surface area contributed by atoms with Crippen molar-refractivity contribution in [3.8, 4) is 0 Å². The van der Waals surface area contributed by atoms with Crippen LogP contribution in [0.15, 0.2) is 12.2 Å². The van der Waals surface area contributed by atoms with Crippen LogP contribution in [0.1, 0.15) is 463 Å². The van der Waals surface area contributed by atoms with Crippen LogP contribution >= 0.6 is 0 Å². The van der Waals surface area contributed by atoms with Crippen molar-refractivity contribution < 1.29 is 24.5 Å². The average Bonchev–Trinajstić information content (AvgIpc) is 3.58. The fourth-order valence-electron chi connectivity index (χ4n) is 13.0. The highest BCUT2D eigenvalue weighted by atomic mass is 16.5. The van der Waals surface area contributed by atoms with Crippen LogP contribution in [0.2, 0.25) is 0 Å². The van der Waals surface area contributed by atoms with Crippen LogP contribution in [0.3, 0.4) is 0 Å². The predicted molar refractivity (Wildman–Crippen MR) is 380 cm³/mol. The van der Waals surface area contributed by atoms with Gasteiger partial charge in [0.25, 0.3) is 0 Å².